The molecule has 0 bridgehead atoms. The van der Waals surface area contributed by atoms with E-state index in [4.69, 9.17) is 14.2 Å². The third-order valence-electron chi connectivity index (χ3n) is 4.11. The smallest absolute Gasteiger partial charge is 0.338 e. The summed E-state index contributed by atoms with van der Waals surface area (Å²) in [5, 5.41) is 0. The zero-order chi connectivity index (χ0) is 17.6. The number of hydrogen-bond acceptors (Lipinski definition) is 9. The number of hydrogen-bond donors (Lipinski definition) is 0. The number of methoxy groups -OCH3 is 3. The molecule has 0 unspecified atom stereocenters. The summed E-state index contributed by atoms with van der Waals surface area (Å²) in [6.45, 7) is 2.66. The lowest BCUT2D eigenvalue weighted by atomic mass is 9.67. The van der Waals surface area contributed by atoms with Crippen LogP contribution in [-0.4, -0.2) is 51.0 Å². The number of rotatable bonds is 3. The zero-order valence-corrected chi connectivity index (χ0v) is 13.3. The van der Waals surface area contributed by atoms with E-state index in [2.05, 4.69) is 9.47 Å². The van der Waals surface area contributed by atoms with Crippen LogP contribution < -0.4 is 0 Å². The van der Waals surface area contributed by atoms with Crippen molar-refractivity contribution in [2.45, 2.75) is 19.6 Å². The highest BCUT2D eigenvalue weighted by Gasteiger charge is 2.80. The van der Waals surface area contributed by atoms with Crippen LogP contribution in [0.2, 0.25) is 0 Å². The molecule has 9 nitrogen and oxygen atoms in total. The molecule has 3 atom stereocenters. The average Bonchev–Trinajstić information content (AvgIpc) is 2.86. The summed E-state index contributed by atoms with van der Waals surface area (Å²) in [5.41, 5.74) is -2.46. The highest BCUT2D eigenvalue weighted by Crippen LogP contribution is 2.60. The molecular formula is C14H16O9. The van der Waals surface area contributed by atoms with E-state index >= 15 is 0 Å². The number of allylic oxidation sites excluding steroid dienone is 1. The number of esters is 4. The van der Waals surface area contributed by atoms with Gasteiger partial charge in [-0.3, -0.25) is 14.4 Å². The summed E-state index contributed by atoms with van der Waals surface area (Å²) in [6.07, 6.45) is 0. The lowest BCUT2D eigenvalue weighted by Crippen LogP contribution is -2.54. The zero-order valence-electron chi connectivity index (χ0n) is 13.3. The van der Waals surface area contributed by atoms with Crippen LogP contribution in [0.3, 0.4) is 0 Å². The van der Waals surface area contributed by atoms with E-state index in [1.54, 1.807) is 0 Å². The molecule has 2 aliphatic rings. The quantitative estimate of drug-likeness (QED) is 0.390. The molecule has 0 aliphatic carbocycles. The molecule has 126 valence electrons. The van der Waals surface area contributed by atoms with Gasteiger partial charge in [0.2, 0.25) is 5.41 Å². The lowest BCUT2D eigenvalue weighted by molar-refractivity contribution is -0.212. The van der Waals surface area contributed by atoms with Gasteiger partial charge in [0.05, 0.1) is 21.3 Å². The van der Waals surface area contributed by atoms with Crippen molar-refractivity contribution < 1.29 is 42.9 Å². The number of fused-ring (bicyclic) bond motifs is 1. The van der Waals surface area contributed by atoms with E-state index in [9.17, 15) is 19.2 Å². The molecular weight excluding hydrogens is 312 g/mol. The van der Waals surface area contributed by atoms with Crippen LogP contribution in [0.25, 0.3) is 0 Å². The minimum Gasteiger partial charge on any atom is -0.468 e. The second-order valence-corrected chi connectivity index (χ2v) is 5.15. The Bertz CT molecular complexity index is 634. The number of carbonyl (C=O) groups excluding carboxylic acids is 4. The SMILES string of the molecule is COC(=O)C1=C(C)O[C@]2(C)OC(=O)[C@@H](C(=O)OC)[C@]12C(=O)OC. The predicted molar refractivity (Wildman–Crippen MR) is 70.3 cm³/mol. The monoisotopic (exact) mass is 328 g/mol. The molecule has 0 radical (unpaired) electrons. The molecule has 0 spiro atoms. The predicted octanol–water partition coefficient (Wildman–Crippen LogP) is -0.315. The van der Waals surface area contributed by atoms with Crippen molar-refractivity contribution in [1.29, 1.82) is 0 Å². The van der Waals surface area contributed by atoms with E-state index in [-0.39, 0.29) is 11.3 Å². The van der Waals surface area contributed by atoms with Crippen LogP contribution in [0.15, 0.2) is 11.3 Å². The van der Waals surface area contributed by atoms with Crippen LogP contribution in [-0.2, 0) is 42.9 Å². The first kappa shape index (κ1) is 16.8. The fourth-order valence-electron chi connectivity index (χ4n) is 3.23. The first-order chi connectivity index (χ1) is 10.7. The van der Waals surface area contributed by atoms with Gasteiger partial charge in [-0.1, -0.05) is 0 Å². The van der Waals surface area contributed by atoms with Crippen molar-refractivity contribution in [2.24, 2.45) is 11.3 Å². The molecule has 2 heterocycles. The van der Waals surface area contributed by atoms with Gasteiger partial charge in [0, 0.05) is 6.92 Å². The van der Waals surface area contributed by atoms with Crippen molar-refractivity contribution in [3.63, 3.8) is 0 Å². The Hall–Kier alpha value is -2.58. The third-order valence-corrected chi connectivity index (χ3v) is 4.11. The van der Waals surface area contributed by atoms with E-state index in [1.165, 1.54) is 13.8 Å². The third kappa shape index (κ3) is 1.85. The molecule has 1 saturated heterocycles. The molecule has 2 aliphatic heterocycles. The molecule has 0 aromatic heterocycles. The fourth-order valence-corrected chi connectivity index (χ4v) is 3.23. The van der Waals surface area contributed by atoms with Crippen LogP contribution >= 0.6 is 0 Å². The summed E-state index contributed by atoms with van der Waals surface area (Å²) in [6, 6.07) is 0. The van der Waals surface area contributed by atoms with E-state index in [1.807, 2.05) is 0 Å². The Labute approximate surface area is 131 Å². The first-order valence-corrected chi connectivity index (χ1v) is 6.59. The van der Waals surface area contributed by atoms with Crippen LogP contribution in [0.1, 0.15) is 13.8 Å². The summed E-state index contributed by atoms with van der Waals surface area (Å²) in [4.78, 5) is 49.1. The molecule has 0 amide bonds. The van der Waals surface area contributed by atoms with Gasteiger partial charge in [-0.05, 0) is 6.92 Å². The van der Waals surface area contributed by atoms with Gasteiger partial charge in [-0.15, -0.1) is 0 Å². The fraction of sp³-hybridized carbons (Fsp3) is 0.571. The highest BCUT2D eigenvalue weighted by atomic mass is 16.7. The standard InChI is InChI=1S/C14H16O9/c1-6-7(9(15)19-3)14(12(18)21-5)8(10(16)20-4)11(17)23-13(14,2)22-6/h8H,1-5H3/t8-,13-,14+/m1/s1. The normalized spacial score (nSPS) is 31.9. The van der Waals surface area contributed by atoms with Crippen molar-refractivity contribution in [3.8, 4) is 0 Å². The molecule has 0 aromatic rings. The second kappa shape index (κ2) is 5.25. The topological polar surface area (TPSA) is 114 Å². The van der Waals surface area contributed by atoms with Crippen molar-refractivity contribution in [1.82, 2.24) is 0 Å². The summed E-state index contributed by atoms with van der Waals surface area (Å²) in [5.74, 6) is -7.78. The number of ether oxygens (including phenoxy) is 5. The van der Waals surface area contributed by atoms with E-state index < -0.39 is 41.0 Å². The minimum atomic E-state index is -2.15. The Balaban J connectivity index is 2.82. The van der Waals surface area contributed by atoms with Crippen molar-refractivity contribution in [3.05, 3.63) is 11.3 Å². The molecule has 0 saturated carbocycles. The summed E-state index contributed by atoms with van der Waals surface area (Å²) < 4.78 is 24.6. The Morgan fingerprint density at radius 3 is 2.13 bits per heavy atom. The number of carbonyl (C=O) groups is 4. The molecule has 0 aromatic carbocycles. The van der Waals surface area contributed by atoms with E-state index in [0.717, 1.165) is 21.3 Å². The maximum atomic E-state index is 12.6. The van der Waals surface area contributed by atoms with Gasteiger partial charge in [0.15, 0.2) is 5.92 Å². The van der Waals surface area contributed by atoms with Crippen molar-refractivity contribution >= 4 is 23.9 Å². The average molecular weight is 328 g/mol. The van der Waals surface area contributed by atoms with Gasteiger partial charge in [-0.25, -0.2) is 4.79 Å². The molecule has 23 heavy (non-hydrogen) atoms. The Morgan fingerprint density at radius 2 is 1.65 bits per heavy atom. The van der Waals surface area contributed by atoms with Crippen LogP contribution in [0, 0.1) is 11.3 Å². The maximum Gasteiger partial charge on any atom is 0.338 e. The van der Waals surface area contributed by atoms with Gasteiger partial charge in [0.25, 0.3) is 5.79 Å². The van der Waals surface area contributed by atoms with Gasteiger partial charge >= 0.3 is 23.9 Å². The largest absolute Gasteiger partial charge is 0.468 e. The summed E-state index contributed by atoms with van der Waals surface area (Å²) in [7, 11) is 3.19. The minimum absolute atomic E-state index is 0.00819. The second-order valence-electron chi connectivity index (χ2n) is 5.15. The first-order valence-electron chi connectivity index (χ1n) is 6.59. The van der Waals surface area contributed by atoms with Gasteiger partial charge < -0.3 is 23.7 Å². The summed E-state index contributed by atoms with van der Waals surface area (Å²) >= 11 is 0. The van der Waals surface area contributed by atoms with Crippen molar-refractivity contribution in [2.75, 3.05) is 21.3 Å². The Kier molecular flexibility index (Phi) is 3.83. The van der Waals surface area contributed by atoms with Gasteiger partial charge in [0.1, 0.15) is 11.3 Å². The molecule has 2 rings (SSSR count). The molecule has 9 heteroatoms. The highest BCUT2D eigenvalue weighted by molar-refractivity contribution is 6.11. The Morgan fingerprint density at radius 1 is 1.04 bits per heavy atom. The van der Waals surface area contributed by atoms with E-state index in [0.29, 0.717) is 0 Å². The molecule has 1 fully saturated rings. The maximum absolute atomic E-state index is 12.6. The van der Waals surface area contributed by atoms with Crippen LogP contribution in [0.5, 0.6) is 0 Å². The molecule has 0 N–H and O–H groups in total. The van der Waals surface area contributed by atoms with Gasteiger partial charge in [-0.2, -0.15) is 0 Å². The van der Waals surface area contributed by atoms with Crippen LogP contribution in [0.4, 0.5) is 0 Å². The lowest BCUT2D eigenvalue weighted by Gasteiger charge is -2.33.